The maximum absolute atomic E-state index is 5.43. The van der Waals surface area contributed by atoms with Crippen molar-refractivity contribution < 1.29 is 4.74 Å². The zero-order valence-electron chi connectivity index (χ0n) is 7.70. The quantitative estimate of drug-likeness (QED) is 0.699. The molecule has 0 radical (unpaired) electrons. The highest BCUT2D eigenvalue weighted by molar-refractivity contribution is 5.48. The summed E-state index contributed by atoms with van der Waals surface area (Å²) < 4.78 is 5.43. The number of rotatable bonds is 5. The molecular formula is C11H15NO. The Balaban J connectivity index is 2.44. The van der Waals surface area contributed by atoms with Gasteiger partial charge in [0, 0.05) is 0 Å². The molecule has 1 aromatic rings. The van der Waals surface area contributed by atoms with Gasteiger partial charge in [-0.3, -0.25) is 0 Å². The number of hydrogen-bond donors (Lipinski definition) is 1. The fourth-order valence-corrected chi connectivity index (χ4v) is 0.973. The second-order valence-corrected chi connectivity index (χ2v) is 2.76. The molecule has 0 saturated heterocycles. The molecule has 0 amide bonds. The highest BCUT2D eigenvalue weighted by Crippen LogP contribution is 2.12. The molecule has 0 aliphatic carbocycles. The molecule has 0 aliphatic heterocycles. The second kappa shape index (κ2) is 5.38. The van der Waals surface area contributed by atoms with E-state index in [1.165, 1.54) is 0 Å². The Morgan fingerprint density at radius 3 is 2.54 bits per heavy atom. The topological polar surface area (TPSA) is 35.2 Å². The minimum Gasteiger partial charge on any atom is -0.494 e. The second-order valence-electron chi connectivity index (χ2n) is 2.76. The summed E-state index contributed by atoms with van der Waals surface area (Å²) in [5.74, 6) is 0.888. The van der Waals surface area contributed by atoms with Crippen LogP contribution in [0.5, 0.6) is 5.75 Å². The fourth-order valence-electron chi connectivity index (χ4n) is 0.973. The van der Waals surface area contributed by atoms with E-state index in [-0.39, 0.29) is 0 Å². The molecule has 1 rings (SSSR count). The SMILES string of the molecule is C=Cc1ccc(OCCCN)cc1. The van der Waals surface area contributed by atoms with Crippen molar-refractivity contribution in [2.24, 2.45) is 5.73 Å². The van der Waals surface area contributed by atoms with Crippen LogP contribution in [0.3, 0.4) is 0 Å². The molecule has 0 aliphatic rings. The van der Waals surface area contributed by atoms with Crippen molar-refractivity contribution in [3.63, 3.8) is 0 Å². The lowest BCUT2D eigenvalue weighted by Crippen LogP contribution is -2.05. The van der Waals surface area contributed by atoms with Crippen LogP contribution < -0.4 is 10.5 Å². The summed E-state index contributed by atoms with van der Waals surface area (Å²) in [7, 11) is 0. The van der Waals surface area contributed by atoms with E-state index < -0.39 is 0 Å². The average Bonchev–Trinajstić information content (AvgIpc) is 2.19. The summed E-state index contributed by atoms with van der Waals surface area (Å²) in [6.45, 7) is 5.03. The maximum atomic E-state index is 5.43. The molecule has 0 bridgehead atoms. The van der Waals surface area contributed by atoms with Gasteiger partial charge in [-0.1, -0.05) is 24.8 Å². The van der Waals surface area contributed by atoms with E-state index in [9.17, 15) is 0 Å². The van der Waals surface area contributed by atoms with Gasteiger partial charge in [-0.05, 0) is 30.7 Å². The molecule has 0 aromatic heterocycles. The van der Waals surface area contributed by atoms with Crippen LogP contribution in [0.4, 0.5) is 0 Å². The van der Waals surface area contributed by atoms with Gasteiger partial charge in [-0.25, -0.2) is 0 Å². The number of nitrogens with two attached hydrogens (primary N) is 1. The molecule has 70 valence electrons. The van der Waals surface area contributed by atoms with Crippen LogP contribution in [0.2, 0.25) is 0 Å². The number of hydrogen-bond acceptors (Lipinski definition) is 2. The molecule has 2 nitrogen and oxygen atoms in total. The van der Waals surface area contributed by atoms with E-state index in [4.69, 9.17) is 10.5 Å². The van der Waals surface area contributed by atoms with E-state index in [2.05, 4.69) is 6.58 Å². The molecule has 1 aromatic carbocycles. The van der Waals surface area contributed by atoms with Crippen molar-refractivity contribution in [2.75, 3.05) is 13.2 Å². The largest absolute Gasteiger partial charge is 0.494 e. The van der Waals surface area contributed by atoms with Crippen molar-refractivity contribution in [2.45, 2.75) is 6.42 Å². The van der Waals surface area contributed by atoms with E-state index >= 15 is 0 Å². The first-order valence-corrected chi connectivity index (χ1v) is 4.42. The Morgan fingerprint density at radius 1 is 1.31 bits per heavy atom. The van der Waals surface area contributed by atoms with Gasteiger partial charge in [0.2, 0.25) is 0 Å². The fraction of sp³-hybridized carbons (Fsp3) is 0.273. The summed E-state index contributed by atoms with van der Waals surface area (Å²) in [5, 5.41) is 0. The molecule has 0 heterocycles. The van der Waals surface area contributed by atoms with Gasteiger partial charge < -0.3 is 10.5 Å². The molecule has 2 N–H and O–H groups in total. The summed E-state index contributed by atoms with van der Waals surface area (Å²) in [6.07, 6.45) is 2.70. The first kappa shape index (κ1) is 9.81. The van der Waals surface area contributed by atoms with Crippen LogP contribution >= 0.6 is 0 Å². The Bertz CT molecular complexity index is 253. The minimum absolute atomic E-state index is 0.671. The number of benzene rings is 1. The highest BCUT2D eigenvalue weighted by Gasteiger charge is 1.91. The normalized spacial score (nSPS) is 9.62. The predicted molar refractivity (Wildman–Crippen MR) is 55.7 cm³/mol. The summed E-state index contributed by atoms with van der Waals surface area (Å²) in [4.78, 5) is 0. The van der Waals surface area contributed by atoms with Crippen molar-refractivity contribution in [1.29, 1.82) is 0 Å². The molecular weight excluding hydrogens is 162 g/mol. The van der Waals surface area contributed by atoms with E-state index in [1.807, 2.05) is 30.3 Å². The Morgan fingerprint density at radius 2 is 2.00 bits per heavy atom. The summed E-state index contributed by atoms with van der Waals surface area (Å²) in [5.41, 5.74) is 6.45. The highest BCUT2D eigenvalue weighted by atomic mass is 16.5. The van der Waals surface area contributed by atoms with Crippen LogP contribution in [0, 0.1) is 0 Å². The van der Waals surface area contributed by atoms with Gasteiger partial charge in [-0.15, -0.1) is 0 Å². The van der Waals surface area contributed by atoms with Gasteiger partial charge in [0.05, 0.1) is 6.61 Å². The zero-order valence-corrected chi connectivity index (χ0v) is 7.70. The molecule has 0 saturated carbocycles. The monoisotopic (exact) mass is 177 g/mol. The van der Waals surface area contributed by atoms with Crippen LogP contribution in [0.15, 0.2) is 30.8 Å². The Kier molecular flexibility index (Phi) is 4.06. The van der Waals surface area contributed by atoms with Gasteiger partial charge in [0.15, 0.2) is 0 Å². The molecule has 0 unspecified atom stereocenters. The van der Waals surface area contributed by atoms with Crippen molar-refractivity contribution in [3.05, 3.63) is 36.4 Å². The lowest BCUT2D eigenvalue weighted by Gasteiger charge is -2.04. The van der Waals surface area contributed by atoms with Crippen LogP contribution in [0.25, 0.3) is 6.08 Å². The van der Waals surface area contributed by atoms with Gasteiger partial charge >= 0.3 is 0 Å². The van der Waals surface area contributed by atoms with Crippen LogP contribution in [0.1, 0.15) is 12.0 Å². The van der Waals surface area contributed by atoms with E-state index in [1.54, 1.807) is 0 Å². The van der Waals surface area contributed by atoms with Crippen LogP contribution in [-0.2, 0) is 0 Å². The molecule has 0 spiro atoms. The van der Waals surface area contributed by atoms with Gasteiger partial charge in [0.25, 0.3) is 0 Å². The zero-order chi connectivity index (χ0) is 9.52. The smallest absolute Gasteiger partial charge is 0.119 e. The van der Waals surface area contributed by atoms with Crippen LogP contribution in [-0.4, -0.2) is 13.2 Å². The third-order valence-electron chi connectivity index (χ3n) is 1.73. The Labute approximate surface area is 79.0 Å². The lowest BCUT2D eigenvalue weighted by molar-refractivity contribution is 0.313. The minimum atomic E-state index is 0.671. The first-order chi connectivity index (χ1) is 6.36. The summed E-state index contributed by atoms with van der Waals surface area (Å²) >= 11 is 0. The molecule has 0 fully saturated rings. The van der Waals surface area contributed by atoms with Gasteiger partial charge in [0.1, 0.15) is 5.75 Å². The van der Waals surface area contributed by atoms with Crippen molar-refractivity contribution in [1.82, 2.24) is 0 Å². The third kappa shape index (κ3) is 3.30. The first-order valence-electron chi connectivity index (χ1n) is 4.42. The standard InChI is InChI=1S/C11H15NO/c1-2-10-4-6-11(7-5-10)13-9-3-8-12/h2,4-7H,1,3,8-9,12H2. The summed E-state index contributed by atoms with van der Waals surface area (Å²) in [6, 6.07) is 7.83. The molecule has 13 heavy (non-hydrogen) atoms. The van der Waals surface area contributed by atoms with Crippen molar-refractivity contribution >= 4 is 6.08 Å². The average molecular weight is 177 g/mol. The molecule has 0 atom stereocenters. The van der Waals surface area contributed by atoms with Gasteiger partial charge in [-0.2, -0.15) is 0 Å². The third-order valence-corrected chi connectivity index (χ3v) is 1.73. The lowest BCUT2D eigenvalue weighted by atomic mass is 10.2. The predicted octanol–water partition coefficient (Wildman–Crippen LogP) is 2.06. The number of ether oxygens (including phenoxy) is 1. The Hall–Kier alpha value is -1.28. The van der Waals surface area contributed by atoms with E-state index in [0.29, 0.717) is 13.2 Å². The van der Waals surface area contributed by atoms with Crippen molar-refractivity contribution in [3.8, 4) is 5.75 Å². The molecule has 2 heteroatoms. The maximum Gasteiger partial charge on any atom is 0.119 e. The van der Waals surface area contributed by atoms with E-state index in [0.717, 1.165) is 17.7 Å².